The van der Waals surface area contributed by atoms with Crippen molar-refractivity contribution in [2.45, 2.75) is 39.5 Å². The fourth-order valence-electron chi connectivity index (χ4n) is 1.84. The molecule has 0 bridgehead atoms. The fraction of sp³-hybridized carbons (Fsp3) is 0.833. The first-order valence-electron chi connectivity index (χ1n) is 5.71. The van der Waals surface area contributed by atoms with Gasteiger partial charge in [-0.3, -0.25) is 9.59 Å². The van der Waals surface area contributed by atoms with E-state index in [0.29, 0.717) is 31.0 Å². The van der Waals surface area contributed by atoms with Gasteiger partial charge >= 0.3 is 0 Å². The van der Waals surface area contributed by atoms with E-state index in [-0.39, 0.29) is 11.7 Å². The zero-order chi connectivity index (χ0) is 11.3. The summed E-state index contributed by atoms with van der Waals surface area (Å²) in [5.74, 6) is 2.94. The van der Waals surface area contributed by atoms with Crippen LogP contribution >= 0.6 is 11.8 Å². The third kappa shape index (κ3) is 4.83. The topological polar surface area (TPSA) is 34.1 Å². The molecular formula is C12H20O2S. The van der Waals surface area contributed by atoms with Crippen LogP contribution in [0, 0.1) is 11.8 Å². The molecule has 1 aliphatic heterocycles. The van der Waals surface area contributed by atoms with E-state index in [1.165, 1.54) is 0 Å². The Balaban J connectivity index is 2.49. The summed E-state index contributed by atoms with van der Waals surface area (Å²) in [6.07, 6.45) is 2.66. The summed E-state index contributed by atoms with van der Waals surface area (Å²) < 4.78 is 0. The standard InChI is InChI=1S/C12H20O2S/c1-9(2)7-12(14)10-3-5-15-6-4-11(13)8-10/h9-10H,3-8H2,1-2H3. The van der Waals surface area contributed by atoms with Crippen molar-refractivity contribution < 1.29 is 9.59 Å². The van der Waals surface area contributed by atoms with Crippen molar-refractivity contribution >= 4 is 23.3 Å². The van der Waals surface area contributed by atoms with Gasteiger partial charge in [0.25, 0.3) is 0 Å². The summed E-state index contributed by atoms with van der Waals surface area (Å²) >= 11 is 1.80. The number of carbonyl (C=O) groups excluding carboxylic acids is 2. The first-order chi connectivity index (χ1) is 7.09. The highest BCUT2D eigenvalue weighted by Gasteiger charge is 2.23. The Morgan fingerprint density at radius 3 is 2.87 bits per heavy atom. The smallest absolute Gasteiger partial charge is 0.136 e. The van der Waals surface area contributed by atoms with Crippen molar-refractivity contribution in [3.63, 3.8) is 0 Å². The maximum Gasteiger partial charge on any atom is 0.136 e. The van der Waals surface area contributed by atoms with Crippen molar-refractivity contribution in [2.75, 3.05) is 11.5 Å². The monoisotopic (exact) mass is 228 g/mol. The maximum atomic E-state index is 11.9. The van der Waals surface area contributed by atoms with Gasteiger partial charge in [0.05, 0.1) is 0 Å². The molecular weight excluding hydrogens is 208 g/mol. The van der Waals surface area contributed by atoms with Gasteiger partial charge in [-0.1, -0.05) is 13.8 Å². The average molecular weight is 228 g/mol. The van der Waals surface area contributed by atoms with Crippen molar-refractivity contribution in [1.29, 1.82) is 0 Å². The van der Waals surface area contributed by atoms with Gasteiger partial charge in [0.15, 0.2) is 0 Å². The zero-order valence-corrected chi connectivity index (χ0v) is 10.4. The summed E-state index contributed by atoms with van der Waals surface area (Å²) in [6.45, 7) is 4.11. The molecule has 1 heterocycles. The van der Waals surface area contributed by atoms with Crippen LogP contribution < -0.4 is 0 Å². The fourth-order valence-corrected chi connectivity index (χ4v) is 2.86. The Morgan fingerprint density at radius 2 is 2.20 bits per heavy atom. The van der Waals surface area contributed by atoms with Crippen LogP contribution in [0.25, 0.3) is 0 Å². The van der Waals surface area contributed by atoms with E-state index < -0.39 is 0 Å². The van der Waals surface area contributed by atoms with Gasteiger partial charge < -0.3 is 0 Å². The van der Waals surface area contributed by atoms with E-state index in [9.17, 15) is 9.59 Å². The van der Waals surface area contributed by atoms with Gasteiger partial charge in [0, 0.05) is 30.9 Å². The molecule has 0 radical (unpaired) electrons. The summed E-state index contributed by atoms with van der Waals surface area (Å²) in [7, 11) is 0. The molecule has 1 saturated heterocycles. The minimum atomic E-state index is 0.00713. The third-order valence-electron chi connectivity index (χ3n) is 2.67. The van der Waals surface area contributed by atoms with Gasteiger partial charge in [-0.2, -0.15) is 11.8 Å². The molecule has 0 saturated carbocycles. The first kappa shape index (κ1) is 12.8. The highest BCUT2D eigenvalue weighted by Crippen LogP contribution is 2.22. The lowest BCUT2D eigenvalue weighted by Crippen LogP contribution is -2.22. The molecule has 0 aromatic heterocycles. The molecule has 1 aliphatic rings. The Bertz CT molecular complexity index is 236. The molecule has 0 aromatic rings. The molecule has 0 aromatic carbocycles. The molecule has 2 nitrogen and oxygen atoms in total. The predicted molar refractivity (Wildman–Crippen MR) is 64.1 cm³/mol. The van der Waals surface area contributed by atoms with Crippen LogP contribution in [0.15, 0.2) is 0 Å². The van der Waals surface area contributed by atoms with Crippen molar-refractivity contribution in [3.8, 4) is 0 Å². The summed E-state index contributed by atoms with van der Waals surface area (Å²) in [6, 6.07) is 0. The van der Waals surface area contributed by atoms with E-state index >= 15 is 0 Å². The molecule has 15 heavy (non-hydrogen) atoms. The number of hydrogen-bond acceptors (Lipinski definition) is 3. The average Bonchev–Trinajstić information content (AvgIpc) is 2.09. The zero-order valence-electron chi connectivity index (χ0n) is 9.62. The van der Waals surface area contributed by atoms with Crippen LogP contribution in [-0.2, 0) is 9.59 Å². The second-order valence-corrected chi connectivity index (χ2v) is 5.88. The molecule has 0 aliphatic carbocycles. The van der Waals surface area contributed by atoms with Gasteiger partial charge in [0.1, 0.15) is 11.6 Å². The second kappa shape index (κ2) is 6.31. The lowest BCUT2D eigenvalue weighted by molar-refractivity contribution is -0.128. The van der Waals surface area contributed by atoms with E-state index in [4.69, 9.17) is 0 Å². The largest absolute Gasteiger partial charge is 0.300 e. The molecule has 86 valence electrons. The molecule has 1 rings (SSSR count). The quantitative estimate of drug-likeness (QED) is 0.745. The van der Waals surface area contributed by atoms with E-state index in [0.717, 1.165) is 17.9 Å². The summed E-state index contributed by atoms with van der Waals surface area (Å²) in [5, 5.41) is 0. The van der Waals surface area contributed by atoms with Crippen LogP contribution in [0.3, 0.4) is 0 Å². The van der Waals surface area contributed by atoms with Gasteiger partial charge in [-0.05, 0) is 18.1 Å². The van der Waals surface area contributed by atoms with Crippen molar-refractivity contribution in [2.24, 2.45) is 11.8 Å². The minimum absolute atomic E-state index is 0.00713. The molecule has 0 spiro atoms. The molecule has 0 N–H and O–H groups in total. The van der Waals surface area contributed by atoms with Gasteiger partial charge in [-0.25, -0.2) is 0 Å². The second-order valence-electron chi connectivity index (χ2n) is 4.66. The highest BCUT2D eigenvalue weighted by molar-refractivity contribution is 7.99. The maximum absolute atomic E-state index is 11.9. The van der Waals surface area contributed by atoms with Crippen LogP contribution in [0.2, 0.25) is 0 Å². The van der Waals surface area contributed by atoms with Crippen LogP contribution in [0.4, 0.5) is 0 Å². The Kier molecular flexibility index (Phi) is 5.37. The number of rotatable bonds is 3. The molecule has 0 amide bonds. The number of carbonyl (C=O) groups is 2. The molecule has 1 unspecified atom stereocenters. The lowest BCUT2D eigenvalue weighted by Gasteiger charge is -2.18. The minimum Gasteiger partial charge on any atom is -0.300 e. The van der Waals surface area contributed by atoms with Gasteiger partial charge in [0.2, 0.25) is 0 Å². The number of ketones is 2. The lowest BCUT2D eigenvalue weighted by atomic mass is 9.89. The third-order valence-corrected chi connectivity index (χ3v) is 3.69. The number of thioether (sulfide) groups is 1. The van der Waals surface area contributed by atoms with Crippen LogP contribution in [0.5, 0.6) is 0 Å². The normalized spacial score (nSPS) is 23.7. The Morgan fingerprint density at radius 1 is 1.47 bits per heavy atom. The summed E-state index contributed by atoms with van der Waals surface area (Å²) in [4.78, 5) is 23.3. The molecule has 1 fully saturated rings. The van der Waals surface area contributed by atoms with Crippen molar-refractivity contribution in [1.82, 2.24) is 0 Å². The molecule has 3 heteroatoms. The van der Waals surface area contributed by atoms with E-state index in [1.54, 1.807) is 11.8 Å². The Hall–Kier alpha value is -0.310. The SMILES string of the molecule is CC(C)CC(=O)C1CCSCCC(=O)C1. The molecule has 1 atom stereocenters. The predicted octanol–water partition coefficient (Wildman–Crippen LogP) is 2.70. The summed E-state index contributed by atoms with van der Waals surface area (Å²) in [5.41, 5.74) is 0. The number of Topliss-reactive ketones (excluding diaryl/α,β-unsaturated/α-hetero) is 2. The first-order valence-corrected chi connectivity index (χ1v) is 6.87. The number of hydrogen-bond donors (Lipinski definition) is 0. The van der Waals surface area contributed by atoms with Crippen LogP contribution in [0.1, 0.15) is 39.5 Å². The van der Waals surface area contributed by atoms with Crippen molar-refractivity contribution in [3.05, 3.63) is 0 Å². The van der Waals surface area contributed by atoms with Crippen LogP contribution in [-0.4, -0.2) is 23.1 Å². The van der Waals surface area contributed by atoms with E-state index in [2.05, 4.69) is 13.8 Å². The highest BCUT2D eigenvalue weighted by atomic mass is 32.2. The van der Waals surface area contributed by atoms with Gasteiger partial charge in [-0.15, -0.1) is 0 Å². The van der Waals surface area contributed by atoms with E-state index in [1.807, 2.05) is 0 Å². The Labute approximate surface area is 96.2 Å².